The van der Waals surface area contributed by atoms with Crippen molar-refractivity contribution in [1.29, 1.82) is 0 Å². The largest absolute Gasteiger partial charge is 0.348 e. The second kappa shape index (κ2) is 8.26. The maximum atomic E-state index is 12.5. The first-order chi connectivity index (χ1) is 12.5. The lowest BCUT2D eigenvalue weighted by molar-refractivity contribution is -0.123. The summed E-state index contributed by atoms with van der Waals surface area (Å²) in [4.78, 5) is 27.3. The van der Waals surface area contributed by atoms with Crippen LogP contribution in [0, 0.1) is 13.8 Å². The van der Waals surface area contributed by atoms with E-state index in [1.54, 1.807) is 30.4 Å². The molecule has 146 valence electrons. The van der Waals surface area contributed by atoms with E-state index >= 15 is 0 Å². The highest BCUT2D eigenvalue weighted by atomic mass is 32.1. The number of nitrogens with one attached hydrogen (secondary N) is 2. The van der Waals surface area contributed by atoms with Crippen LogP contribution in [0.3, 0.4) is 0 Å². The average Bonchev–Trinajstić information content (AvgIpc) is 2.92. The molecule has 0 aliphatic rings. The van der Waals surface area contributed by atoms with Crippen molar-refractivity contribution in [2.24, 2.45) is 0 Å². The predicted molar refractivity (Wildman–Crippen MR) is 112 cm³/mol. The molecule has 5 heteroatoms. The first-order valence-corrected chi connectivity index (χ1v) is 10.1. The lowest BCUT2D eigenvalue weighted by Gasteiger charge is -2.20. The fraction of sp³-hybridized carbons (Fsp3) is 0.455. The summed E-state index contributed by atoms with van der Waals surface area (Å²) in [5.74, 6) is -0.432. The molecule has 0 radical (unpaired) electrons. The number of carbonyl (C=O) groups is 2. The molecule has 4 nitrogen and oxygen atoms in total. The van der Waals surface area contributed by atoms with E-state index in [0.29, 0.717) is 5.56 Å². The summed E-state index contributed by atoms with van der Waals surface area (Å²) in [7, 11) is 0. The number of rotatable bonds is 5. The van der Waals surface area contributed by atoms with Gasteiger partial charge in [-0.3, -0.25) is 9.59 Å². The topological polar surface area (TPSA) is 58.2 Å². The summed E-state index contributed by atoms with van der Waals surface area (Å²) < 4.78 is 0. The van der Waals surface area contributed by atoms with E-state index in [4.69, 9.17) is 0 Å². The molecule has 2 N–H and O–H groups in total. The molecule has 1 aromatic heterocycles. The van der Waals surface area contributed by atoms with Gasteiger partial charge in [0, 0.05) is 15.3 Å². The second-order valence-electron chi connectivity index (χ2n) is 8.12. The van der Waals surface area contributed by atoms with Crippen LogP contribution in [0.5, 0.6) is 0 Å². The number of thiophene rings is 1. The highest BCUT2D eigenvalue weighted by Crippen LogP contribution is 2.26. The molecule has 27 heavy (non-hydrogen) atoms. The highest BCUT2D eigenvalue weighted by molar-refractivity contribution is 7.12. The summed E-state index contributed by atoms with van der Waals surface area (Å²) in [6.45, 7) is 14.2. The number of carbonyl (C=O) groups excluding carboxylic acids is 2. The number of hydrogen-bond acceptors (Lipinski definition) is 3. The van der Waals surface area contributed by atoms with Gasteiger partial charge < -0.3 is 10.6 Å². The van der Waals surface area contributed by atoms with Gasteiger partial charge in [-0.1, -0.05) is 32.9 Å². The van der Waals surface area contributed by atoms with Crippen LogP contribution in [-0.2, 0) is 10.2 Å². The molecule has 0 aliphatic heterocycles. The Balaban J connectivity index is 1.97. The van der Waals surface area contributed by atoms with Crippen molar-refractivity contribution in [3.05, 3.63) is 56.8 Å². The standard InChI is InChI=1S/C22H30N2O2S/c1-13-12-19(16(4)27-13)14(2)23-20(25)15(3)24-21(26)17-8-10-18(11-9-17)22(5,6)7/h8-12,14-15H,1-7H3,(H,23,25)(H,24,26)/t14-,15-/m1/s1. The predicted octanol–water partition coefficient (Wildman–Crippen LogP) is 4.66. The van der Waals surface area contributed by atoms with Crippen LogP contribution in [0.25, 0.3) is 0 Å². The number of benzene rings is 1. The molecular weight excluding hydrogens is 356 g/mol. The van der Waals surface area contributed by atoms with E-state index in [0.717, 1.165) is 5.56 Å². The normalized spacial score (nSPS) is 13.7. The molecule has 2 aromatic rings. The van der Waals surface area contributed by atoms with Crippen LogP contribution in [0.4, 0.5) is 0 Å². The van der Waals surface area contributed by atoms with Gasteiger partial charge in [0.15, 0.2) is 0 Å². The molecule has 0 aliphatic carbocycles. The molecule has 2 atom stereocenters. The molecular formula is C22H30N2O2S. The van der Waals surface area contributed by atoms with Gasteiger partial charge in [-0.15, -0.1) is 11.3 Å². The number of hydrogen-bond donors (Lipinski definition) is 2. The lowest BCUT2D eigenvalue weighted by Crippen LogP contribution is -2.45. The summed E-state index contributed by atoms with van der Waals surface area (Å²) in [5, 5.41) is 5.77. The van der Waals surface area contributed by atoms with Crippen LogP contribution in [-0.4, -0.2) is 17.9 Å². The van der Waals surface area contributed by atoms with Gasteiger partial charge in [0.1, 0.15) is 6.04 Å². The molecule has 2 rings (SSSR count). The Morgan fingerprint density at radius 2 is 1.59 bits per heavy atom. The van der Waals surface area contributed by atoms with Gasteiger partial charge >= 0.3 is 0 Å². The molecule has 0 fully saturated rings. The monoisotopic (exact) mass is 386 g/mol. The average molecular weight is 387 g/mol. The minimum absolute atomic E-state index is 0.0382. The third-order valence-electron chi connectivity index (χ3n) is 4.66. The first-order valence-electron chi connectivity index (χ1n) is 9.27. The SMILES string of the molecule is Cc1cc([C@@H](C)NC(=O)[C@@H](C)NC(=O)c2ccc(C(C)(C)C)cc2)c(C)s1. The van der Waals surface area contributed by atoms with E-state index in [9.17, 15) is 9.59 Å². The van der Waals surface area contributed by atoms with Crippen LogP contribution < -0.4 is 10.6 Å². The Bertz CT molecular complexity index is 816. The molecule has 1 aromatic carbocycles. The lowest BCUT2D eigenvalue weighted by atomic mass is 9.86. The third kappa shape index (κ3) is 5.42. The van der Waals surface area contributed by atoms with Gasteiger partial charge in [-0.05, 0) is 62.4 Å². The Labute approximate surface area is 166 Å². The zero-order chi connectivity index (χ0) is 20.4. The number of amides is 2. The molecule has 2 amide bonds. The van der Waals surface area contributed by atoms with Crippen molar-refractivity contribution >= 4 is 23.2 Å². The van der Waals surface area contributed by atoms with Gasteiger partial charge in [-0.2, -0.15) is 0 Å². The highest BCUT2D eigenvalue weighted by Gasteiger charge is 2.21. The zero-order valence-corrected chi connectivity index (χ0v) is 18.1. The maximum Gasteiger partial charge on any atom is 0.251 e. The van der Waals surface area contributed by atoms with Crippen LogP contribution in [0.1, 0.15) is 71.9 Å². The maximum absolute atomic E-state index is 12.5. The van der Waals surface area contributed by atoms with Crippen molar-refractivity contribution in [2.45, 2.75) is 66.0 Å². The van der Waals surface area contributed by atoms with Crippen molar-refractivity contribution in [2.75, 3.05) is 0 Å². The Morgan fingerprint density at radius 3 is 2.07 bits per heavy atom. The quantitative estimate of drug-likeness (QED) is 0.785. The van der Waals surface area contributed by atoms with E-state index in [-0.39, 0.29) is 23.3 Å². The van der Waals surface area contributed by atoms with Crippen molar-refractivity contribution in [3.63, 3.8) is 0 Å². The van der Waals surface area contributed by atoms with Crippen molar-refractivity contribution in [3.8, 4) is 0 Å². The third-order valence-corrected chi connectivity index (χ3v) is 5.64. The summed E-state index contributed by atoms with van der Waals surface area (Å²) in [5.41, 5.74) is 2.89. The first kappa shape index (κ1) is 21.2. The molecule has 0 spiro atoms. The second-order valence-corrected chi connectivity index (χ2v) is 9.58. The molecule has 0 bridgehead atoms. The molecule has 0 saturated carbocycles. The Kier molecular flexibility index (Phi) is 6.47. The van der Waals surface area contributed by atoms with Crippen molar-refractivity contribution in [1.82, 2.24) is 10.6 Å². The Hall–Kier alpha value is -2.14. The van der Waals surface area contributed by atoms with Crippen LogP contribution >= 0.6 is 11.3 Å². The molecule has 0 saturated heterocycles. The minimum Gasteiger partial charge on any atom is -0.348 e. The fourth-order valence-corrected chi connectivity index (χ4v) is 3.99. The van der Waals surface area contributed by atoms with Crippen LogP contribution in [0.15, 0.2) is 30.3 Å². The van der Waals surface area contributed by atoms with Gasteiger partial charge in [0.25, 0.3) is 5.91 Å². The smallest absolute Gasteiger partial charge is 0.251 e. The summed E-state index contributed by atoms with van der Waals surface area (Å²) in [6, 6.07) is 8.94. The Morgan fingerprint density at radius 1 is 1.00 bits per heavy atom. The van der Waals surface area contributed by atoms with Gasteiger partial charge in [0.2, 0.25) is 5.91 Å². The van der Waals surface area contributed by atoms with Gasteiger partial charge in [-0.25, -0.2) is 0 Å². The number of aryl methyl sites for hydroxylation is 2. The van der Waals surface area contributed by atoms with Crippen LogP contribution in [0.2, 0.25) is 0 Å². The van der Waals surface area contributed by atoms with Gasteiger partial charge in [0.05, 0.1) is 6.04 Å². The van der Waals surface area contributed by atoms with E-state index in [2.05, 4.69) is 51.3 Å². The van der Waals surface area contributed by atoms with E-state index < -0.39 is 6.04 Å². The summed E-state index contributed by atoms with van der Waals surface area (Å²) in [6.07, 6.45) is 0. The van der Waals surface area contributed by atoms with Crippen molar-refractivity contribution < 1.29 is 9.59 Å². The molecule has 1 heterocycles. The van der Waals surface area contributed by atoms with E-state index in [1.807, 2.05) is 19.1 Å². The minimum atomic E-state index is -0.609. The summed E-state index contributed by atoms with van der Waals surface area (Å²) >= 11 is 1.72. The zero-order valence-electron chi connectivity index (χ0n) is 17.3. The fourth-order valence-electron chi connectivity index (χ4n) is 2.96. The molecule has 0 unspecified atom stereocenters. The van der Waals surface area contributed by atoms with E-state index in [1.165, 1.54) is 15.3 Å².